The van der Waals surface area contributed by atoms with Crippen LogP contribution in [-0.2, 0) is 11.2 Å². The van der Waals surface area contributed by atoms with E-state index in [0.29, 0.717) is 0 Å². The Kier molecular flexibility index (Phi) is 16.1. The molecule has 132 valence electrons. The molecule has 0 radical (unpaired) electrons. The Bertz CT molecular complexity index is 404. The Morgan fingerprint density at radius 1 is 1.09 bits per heavy atom. The van der Waals surface area contributed by atoms with Crippen LogP contribution in [0, 0.1) is 0 Å². The third-order valence-corrected chi connectivity index (χ3v) is 3.82. The van der Waals surface area contributed by atoms with Gasteiger partial charge in [0.2, 0.25) is 0 Å². The zero-order valence-corrected chi connectivity index (χ0v) is 17.4. The summed E-state index contributed by atoms with van der Waals surface area (Å²) in [4.78, 5) is 4.19. The van der Waals surface area contributed by atoms with Gasteiger partial charge >= 0.3 is 0 Å². The zero-order chi connectivity index (χ0) is 15.9. The van der Waals surface area contributed by atoms with Gasteiger partial charge in [0.15, 0.2) is 5.96 Å². The Morgan fingerprint density at radius 3 is 2.52 bits per heavy atom. The number of nitrogens with one attached hydrogen (secondary N) is 2. The van der Waals surface area contributed by atoms with Crippen LogP contribution in [0.5, 0.6) is 0 Å². The number of hydrogen-bond donors (Lipinski definition) is 2. The highest BCUT2D eigenvalue weighted by atomic mass is 127. The highest BCUT2D eigenvalue weighted by Gasteiger charge is 1.96. The van der Waals surface area contributed by atoms with Crippen molar-refractivity contribution in [1.82, 2.24) is 10.6 Å². The number of benzene rings is 1. The molecule has 1 rings (SSSR count). The van der Waals surface area contributed by atoms with Crippen molar-refractivity contribution in [1.29, 1.82) is 0 Å². The van der Waals surface area contributed by atoms with E-state index < -0.39 is 0 Å². The normalized spacial score (nSPS) is 11.0. The summed E-state index contributed by atoms with van der Waals surface area (Å²) < 4.78 is 5.67. The third-order valence-electron chi connectivity index (χ3n) is 3.21. The first-order valence-corrected chi connectivity index (χ1v) is 9.31. The zero-order valence-electron chi connectivity index (χ0n) is 14.2. The molecule has 0 atom stereocenters. The topological polar surface area (TPSA) is 45.7 Å². The van der Waals surface area contributed by atoms with Gasteiger partial charge in [-0.05, 0) is 31.1 Å². The summed E-state index contributed by atoms with van der Waals surface area (Å²) in [5.41, 5.74) is 1.34. The molecule has 1 aromatic rings. The summed E-state index contributed by atoms with van der Waals surface area (Å²) in [6.07, 6.45) is 5.26. The monoisotopic (exact) mass is 451 g/mol. The van der Waals surface area contributed by atoms with E-state index in [2.05, 4.69) is 46.1 Å². The van der Waals surface area contributed by atoms with E-state index >= 15 is 0 Å². The highest BCUT2D eigenvalue weighted by Crippen LogP contribution is 2.00. The van der Waals surface area contributed by atoms with Gasteiger partial charge in [-0.15, -0.1) is 24.0 Å². The van der Waals surface area contributed by atoms with Gasteiger partial charge in [-0.2, -0.15) is 11.8 Å². The quantitative estimate of drug-likeness (QED) is 0.235. The minimum Gasteiger partial charge on any atom is -0.381 e. The number of thioether (sulfide) groups is 1. The molecule has 2 N–H and O–H groups in total. The Labute approximate surface area is 162 Å². The molecule has 6 heteroatoms. The van der Waals surface area contributed by atoms with Crippen LogP contribution in [0.25, 0.3) is 0 Å². The van der Waals surface area contributed by atoms with E-state index in [4.69, 9.17) is 4.74 Å². The molecule has 0 saturated carbocycles. The molecule has 0 amide bonds. The number of unbranched alkanes of at least 4 members (excludes halogenated alkanes) is 1. The molecule has 1 aromatic carbocycles. The highest BCUT2D eigenvalue weighted by molar-refractivity contribution is 14.0. The summed E-state index contributed by atoms with van der Waals surface area (Å²) in [6.45, 7) is 3.51. The van der Waals surface area contributed by atoms with Crippen molar-refractivity contribution in [2.45, 2.75) is 19.3 Å². The minimum absolute atomic E-state index is 0. The third kappa shape index (κ3) is 12.6. The van der Waals surface area contributed by atoms with E-state index in [1.807, 2.05) is 17.8 Å². The van der Waals surface area contributed by atoms with Gasteiger partial charge in [-0.3, -0.25) is 4.99 Å². The maximum absolute atomic E-state index is 5.67. The molecule has 0 aliphatic heterocycles. The lowest BCUT2D eigenvalue weighted by molar-refractivity contribution is 0.133. The van der Waals surface area contributed by atoms with Gasteiger partial charge in [-0.1, -0.05) is 30.3 Å². The smallest absolute Gasteiger partial charge is 0.191 e. The van der Waals surface area contributed by atoms with Crippen molar-refractivity contribution in [2.75, 3.05) is 45.4 Å². The fourth-order valence-electron chi connectivity index (χ4n) is 1.96. The second-order valence-corrected chi connectivity index (χ2v) is 5.96. The average molecular weight is 451 g/mol. The van der Waals surface area contributed by atoms with Crippen LogP contribution in [0.4, 0.5) is 0 Å². The first-order valence-electron chi connectivity index (χ1n) is 7.92. The molecule has 0 heterocycles. The van der Waals surface area contributed by atoms with Gasteiger partial charge in [0.05, 0.1) is 6.61 Å². The van der Waals surface area contributed by atoms with Crippen molar-refractivity contribution in [3.8, 4) is 0 Å². The van der Waals surface area contributed by atoms with Crippen molar-refractivity contribution >= 4 is 41.7 Å². The number of rotatable bonds is 11. The van der Waals surface area contributed by atoms with E-state index in [9.17, 15) is 0 Å². The lowest BCUT2D eigenvalue weighted by Crippen LogP contribution is -2.38. The van der Waals surface area contributed by atoms with Crippen LogP contribution in [0.1, 0.15) is 18.4 Å². The van der Waals surface area contributed by atoms with Crippen LogP contribution in [0.2, 0.25) is 0 Å². The first-order chi connectivity index (χ1) is 10.9. The van der Waals surface area contributed by atoms with Crippen molar-refractivity contribution in [2.24, 2.45) is 4.99 Å². The number of halogens is 1. The molecule has 4 nitrogen and oxygen atoms in total. The second kappa shape index (κ2) is 16.4. The van der Waals surface area contributed by atoms with E-state index in [0.717, 1.165) is 57.3 Å². The number of ether oxygens (including phenoxy) is 1. The predicted molar refractivity (Wildman–Crippen MR) is 113 cm³/mol. The number of aliphatic imine (C=N–C) groups is 1. The van der Waals surface area contributed by atoms with Gasteiger partial charge in [0.25, 0.3) is 0 Å². The van der Waals surface area contributed by atoms with E-state index in [1.165, 1.54) is 5.56 Å². The average Bonchev–Trinajstić information content (AvgIpc) is 2.56. The standard InChI is InChI=1S/C17H29N3OS.HI/c1-18-17(20-12-15-22-2)19-11-6-7-13-21-14-10-16-8-4-3-5-9-16;/h3-5,8-9H,6-7,10-15H2,1-2H3,(H2,18,19,20);1H. The van der Waals surface area contributed by atoms with Crippen molar-refractivity contribution in [3.05, 3.63) is 35.9 Å². The Morgan fingerprint density at radius 2 is 1.83 bits per heavy atom. The van der Waals surface area contributed by atoms with Crippen LogP contribution < -0.4 is 10.6 Å². The molecule has 0 aromatic heterocycles. The van der Waals surface area contributed by atoms with Gasteiger partial charge in [0.1, 0.15) is 0 Å². The summed E-state index contributed by atoms with van der Waals surface area (Å²) in [7, 11) is 1.81. The fourth-order valence-corrected chi connectivity index (χ4v) is 2.27. The molecular formula is C17H30IN3OS. The molecule has 0 fully saturated rings. The van der Waals surface area contributed by atoms with Crippen molar-refractivity contribution < 1.29 is 4.74 Å². The molecule has 0 spiro atoms. The van der Waals surface area contributed by atoms with Crippen LogP contribution in [0.3, 0.4) is 0 Å². The molecule has 23 heavy (non-hydrogen) atoms. The first kappa shape index (κ1) is 22.5. The lowest BCUT2D eigenvalue weighted by Gasteiger charge is -2.11. The molecule has 0 aliphatic rings. The summed E-state index contributed by atoms with van der Waals surface area (Å²) in [5, 5.41) is 6.61. The number of guanidine groups is 1. The molecule has 0 bridgehead atoms. The summed E-state index contributed by atoms with van der Waals surface area (Å²) >= 11 is 1.83. The molecule has 0 aliphatic carbocycles. The van der Waals surface area contributed by atoms with E-state index in [-0.39, 0.29) is 24.0 Å². The Balaban J connectivity index is 0.00000484. The summed E-state index contributed by atoms with van der Waals surface area (Å²) in [5.74, 6) is 1.98. The van der Waals surface area contributed by atoms with E-state index in [1.54, 1.807) is 7.05 Å². The number of nitrogens with zero attached hydrogens (tertiary/aromatic N) is 1. The van der Waals surface area contributed by atoms with Crippen molar-refractivity contribution in [3.63, 3.8) is 0 Å². The predicted octanol–water partition coefficient (Wildman–Crippen LogP) is 3.17. The van der Waals surface area contributed by atoms with Crippen LogP contribution >= 0.6 is 35.7 Å². The minimum atomic E-state index is 0. The largest absolute Gasteiger partial charge is 0.381 e. The maximum Gasteiger partial charge on any atom is 0.191 e. The van der Waals surface area contributed by atoms with Gasteiger partial charge in [-0.25, -0.2) is 0 Å². The number of hydrogen-bond acceptors (Lipinski definition) is 3. The fraction of sp³-hybridized carbons (Fsp3) is 0.588. The molecule has 0 unspecified atom stereocenters. The Hall–Kier alpha value is -0.470. The second-order valence-electron chi connectivity index (χ2n) is 4.97. The van der Waals surface area contributed by atoms with Crippen LogP contribution in [-0.4, -0.2) is 51.3 Å². The molecule has 0 saturated heterocycles. The van der Waals surface area contributed by atoms with Gasteiger partial charge < -0.3 is 15.4 Å². The maximum atomic E-state index is 5.67. The lowest BCUT2D eigenvalue weighted by atomic mass is 10.2. The summed E-state index contributed by atoms with van der Waals surface area (Å²) in [6, 6.07) is 10.5. The van der Waals surface area contributed by atoms with Crippen LogP contribution in [0.15, 0.2) is 35.3 Å². The molecular weight excluding hydrogens is 421 g/mol. The van der Waals surface area contributed by atoms with Gasteiger partial charge in [0, 0.05) is 32.5 Å². The SMILES string of the molecule is CN=C(NCCCCOCCc1ccccc1)NCCSC.I.